The Morgan fingerprint density at radius 3 is 2.75 bits per heavy atom. The number of hydrogen-bond donors (Lipinski definition) is 4. The molecule has 2 saturated heterocycles. The highest BCUT2D eigenvalue weighted by atomic mass is 32.1. The summed E-state index contributed by atoms with van der Waals surface area (Å²) in [5.74, 6) is 0.160. The molecule has 2 aliphatic heterocycles. The summed E-state index contributed by atoms with van der Waals surface area (Å²) in [5, 5.41) is 21.4. The highest BCUT2D eigenvalue weighted by Crippen LogP contribution is 2.34. The van der Waals surface area contributed by atoms with Crippen LogP contribution in [0.1, 0.15) is 17.1 Å². The molecule has 0 saturated carbocycles. The number of amides is 1. The lowest BCUT2D eigenvalue weighted by molar-refractivity contribution is -0.747. The molecule has 32 heavy (non-hydrogen) atoms. The highest BCUT2D eigenvalue weighted by Gasteiger charge is 2.53. The van der Waals surface area contributed by atoms with E-state index in [1.54, 1.807) is 6.20 Å². The summed E-state index contributed by atoms with van der Waals surface area (Å²) < 4.78 is 1.95. The highest BCUT2D eigenvalue weighted by molar-refractivity contribution is 7.12. The van der Waals surface area contributed by atoms with E-state index in [1.807, 2.05) is 40.3 Å². The average molecular weight is 457 g/mol. The SMILES string of the molecule is C.O=C(c1cc(-c2c[nH][n+]3cc(-c4cn[nH]c4)c[nH+]c23)cs1)N1CC2(C[NH2+]C2)C1.O=CO. The van der Waals surface area contributed by atoms with Crippen LogP contribution in [-0.2, 0) is 4.79 Å². The number of carbonyl (C=O) groups is 2. The molecule has 1 spiro atoms. The van der Waals surface area contributed by atoms with Crippen LogP contribution in [0.2, 0.25) is 0 Å². The molecule has 166 valence electrons. The molecule has 0 atom stereocenters. The van der Waals surface area contributed by atoms with Crippen LogP contribution in [0.4, 0.5) is 0 Å². The lowest BCUT2D eigenvalue weighted by Gasteiger charge is -2.52. The second-order valence-corrected chi connectivity index (χ2v) is 8.84. The van der Waals surface area contributed by atoms with E-state index < -0.39 is 0 Å². The number of quaternary nitrogens is 1. The fourth-order valence-corrected chi connectivity index (χ4v) is 5.09. The Hall–Kier alpha value is -3.57. The van der Waals surface area contributed by atoms with Gasteiger partial charge in [-0.1, -0.05) is 7.43 Å². The first-order valence-corrected chi connectivity index (χ1v) is 10.7. The lowest BCUT2D eigenvalue weighted by atomic mass is 9.74. The van der Waals surface area contributed by atoms with Crippen molar-refractivity contribution in [2.24, 2.45) is 5.41 Å². The minimum atomic E-state index is -0.250. The van der Waals surface area contributed by atoms with Crippen molar-refractivity contribution >= 4 is 29.4 Å². The Morgan fingerprint density at radius 2 is 2.09 bits per heavy atom. The summed E-state index contributed by atoms with van der Waals surface area (Å²) in [6, 6.07) is 2.01. The first kappa shape index (κ1) is 21.7. The zero-order valence-electron chi connectivity index (χ0n) is 16.5. The summed E-state index contributed by atoms with van der Waals surface area (Å²) in [7, 11) is 0. The third kappa shape index (κ3) is 3.65. The zero-order valence-corrected chi connectivity index (χ0v) is 17.4. The molecule has 6 rings (SSSR count). The van der Waals surface area contributed by atoms with Crippen LogP contribution >= 0.6 is 11.3 Å². The van der Waals surface area contributed by atoms with E-state index in [0.29, 0.717) is 5.41 Å². The van der Waals surface area contributed by atoms with E-state index in [-0.39, 0.29) is 19.8 Å². The fourth-order valence-electron chi connectivity index (χ4n) is 4.22. The van der Waals surface area contributed by atoms with Gasteiger partial charge in [0.2, 0.25) is 6.20 Å². The Morgan fingerprint density at radius 1 is 1.31 bits per heavy atom. The summed E-state index contributed by atoms with van der Waals surface area (Å²) in [6.07, 6.45) is 9.60. The molecule has 4 aromatic rings. The molecule has 0 bridgehead atoms. The van der Waals surface area contributed by atoms with Gasteiger partial charge in [0.1, 0.15) is 11.0 Å². The van der Waals surface area contributed by atoms with Crippen LogP contribution in [0.15, 0.2) is 42.4 Å². The molecule has 0 unspecified atom stereocenters. The summed E-state index contributed by atoms with van der Waals surface area (Å²) in [5.41, 5.74) is 5.50. The number of aromatic amines is 3. The van der Waals surface area contributed by atoms with Gasteiger partial charge in [-0.2, -0.15) is 15.2 Å². The number of thiophene rings is 1. The molecule has 6 heterocycles. The predicted octanol–water partition coefficient (Wildman–Crippen LogP) is 0.0422. The van der Waals surface area contributed by atoms with Crippen molar-refractivity contribution in [1.29, 1.82) is 0 Å². The number of likely N-dealkylation sites (tertiary alicyclic amines) is 1. The van der Waals surface area contributed by atoms with Gasteiger partial charge in [0.15, 0.2) is 11.8 Å². The third-order valence-corrected chi connectivity index (χ3v) is 6.84. The smallest absolute Gasteiger partial charge is 0.480 e. The largest absolute Gasteiger partial charge is 0.483 e. The van der Waals surface area contributed by atoms with Gasteiger partial charge in [0.05, 0.1) is 30.4 Å². The Labute approximate surface area is 187 Å². The number of fused-ring (bicyclic) bond motifs is 1. The lowest BCUT2D eigenvalue weighted by Crippen LogP contribution is -3.04. The van der Waals surface area contributed by atoms with Gasteiger partial charge in [-0.15, -0.1) is 11.3 Å². The maximum Gasteiger partial charge on any atom is 0.480 e. The monoisotopic (exact) mass is 456 g/mol. The van der Waals surface area contributed by atoms with E-state index in [0.717, 1.165) is 59.0 Å². The number of nitrogens with two attached hydrogens (primary N) is 1. The minimum absolute atomic E-state index is 0. The van der Waals surface area contributed by atoms with E-state index in [4.69, 9.17) is 9.90 Å². The van der Waals surface area contributed by atoms with Crippen LogP contribution in [-0.4, -0.2) is 63.9 Å². The van der Waals surface area contributed by atoms with E-state index in [2.05, 4.69) is 31.0 Å². The van der Waals surface area contributed by atoms with Gasteiger partial charge in [0, 0.05) is 30.4 Å². The number of carbonyl (C=O) groups excluding carboxylic acids is 1. The number of aromatic nitrogens is 5. The van der Waals surface area contributed by atoms with Crippen molar-refractivity contribution in [2.45, 2.75) is 7.43 Å². The molecule has 0 aliphatic carbocycles. The van der Waals surface area contributed by atoms with E-state index in [9.17, 15) is 4.79 Å². The van der Waals surface area contributed by atoms with E-state index >= 15 is 0 Å². The van der Waals surface area contributed by atoms with Gasteiger partial charge in [-0.05, 0) is 16.0 Å². The number of nitrogens with zero attached hydrogens (tertiary/aromatic N) is 3. The first-order chi connectivity index (χ1) is 15.1. The Bertz CT molecular complexity index is 1240. The maximum absolute atomic E-state index is 12.8. The molecule has 10 nitrogen and oxygen atoms in total. The second kappa shape index (κ2) is 8.52. The Balaban J connectivity index is 0.000000582. The molecule has 6 N–H and O–H groups in total. The van der Waals surface area contributed by atoms with Crippen LogP contribution in [0, 0.1) is 5.41 Å². The van der Waals surface area contributed by atoms with Crippen LogP contribution in [0.5, 0.6) is 0 Å². The van der Waals surface area contributed by atoms with Crippen molar-refractivity contribution in [3.63, 3.8) is 0 Å². The van der Waals surface area contributed by atoms with Crippen molar-refractivity contribution in [3.05, 3.63) is 47.3 Å². The third-order valence-electron chi connectivity index (χ3n) is 5.92. The van der Waals surface area contributed by atoms with Gasteiger partial charge in [-0.25, -0.2) is 0 Å². The van der Waals surface area contributed by atoms with Gasteiger partial charge in [0.25, 0.3) is 12.4 Å². The number of nitrogens with one attached hydrogen (secondary N) is 3. The molecule has 2 fully saturated rings. The summed E-state index contributed by atoms with van der Waals surface area (Å²) >= 11 is 1.52. The van der Waals surface area contributed by atoms with Gasteiger partial charge < -0.3 is 15.3 Å². The standard InChI is InChI=1S/C19H17N7OS.CH2O2.CH4/c27-18(25-10-19(11-25)8-20-9-19)16-1-12(7-28-16)15-5-24-26-6-14(2-21-17(15)26)13-3-22-23-4-13;2-1-3;/h1-7,20H,8-11H2,(H,22,23);1H,(H,2,3);1H4/p+3. The normalized spacial score (nSPS) is 15.8. The molecule has 4 aromatic heterocycles. The van der Waals surface area contributed by atoms with Gasteiger partial charge >= 0.3 is 5.65 Å². The van der Waals surface area contributed by atoms with Crippen LogP contribution in [0.25, 0.3) is 27.9 Å². The van der Waals surface area contributed by atoms with Crippen LogP contribution < -0.4 is 14.8 Å². The Kier molecular flexibility index (Phi) is 5.76. The molecular formula is C21H26N7O3S+3. The minimum Gasteiger partial charge on any atom is -0.483 e. The summed E-state index contributed by atoms with van der Waals surface area (Å²) in [4.78, 5) is 27.3. The number of H-pyrrole nitrogens is 3. The van der Waals surface area contributed by atoms with Crippen molar-refractivity contribution in [1.82, 2.24) is 20.2 Å². The van der Waals surface area contributed by atoms with E-state index in [1.165, 1.54) is 11.3 Å². The molecule has 11 heteroatoms. The fraction of sp³-hybridized carbons (Fsp3) is 0.286. The maximum atomic E-state index is 12.8. The molecule has 0 aromatic carbocycles. The zero-order chi connectivity index (χ0) is 21.4. The average Bonchev–Trinajstić information content (AvgIpc) is 3.45. The van der Waals surface area contributed by atoms with Crippen molar-refractivity contribution in [2.75, 3.05) is 26.2 Å². The number of hydrogen-bond acceptors (Lipinski definition) is 4. The molecular weight excluding hydrogens is 430 g/mol. The first-order valence-electron chi connectivity index (χ1n) is 9.84. The second-order valence-electron chi connectivity index (χ2n) is 7.93. The molecule has 1 amide bonds. The van der Waals surface area contributed by atoms with Gasteiger partial charge in [-0.3, -0.25) is 14.7 Å². The molecule has 2 aliphatic rings. The summed E-state index contributed by atoms with van der Waals surface area (Å²) in [6.45, 7) is 3.89. The van der Waals surface area contributed by atoms with Crippen molar-refractivity contribution in [3.8, 4) is 22.3 Å². The number of rotatable bonds is 3. The number of carboxylic acid groups (broad SMARTS) is 1. The van der Waals surface area contributed by atoms with Crippen LogP contribution in [0.3, 0.4) is 0 Å². The topological polar surface area (TPSA) is 137 Å². The molecule has 0 radical (unpaired) electrons. The predicted molar refractivity (Wildman–Crippen MR) is 117 cm³/mol. The van der Waals surface area contributed by atoms with Crippen molar-refractivity contribution < 1.29 is 29.5 Å². The quantitative estimate of drug-likeness (QED) is 0.256.